The van der Waals surface area contributed by atoms with Crippen LogP contribution >= 0.6 is 0 Å². The molecular formula is C20H23N3O3. The molecule has 136 valence electrons. The van der Waals surface area contributed by atoms with E-state index in [9.17, 15) is 9.59 Å². The van der Waals surface area contributed by atoms with Crippen molar-refractivity contribution in [1.82, 2.24) is 14.8 Å². The zero-order valence-electron chi connectivity index (χ0n) is 15.0. The monoisotopic (exact) mass is 353 g/mol. The number of rotatable bonds is 3. The maximum Gasteiger partial charge on any atom is 0.257 e. The van der Waals surface area contributed by atoms with Crippen molar-refractivity contribution in [3.8, 4) is 0 Å². The van der Waals surface area contributed by atoms with Crippen LogP contribution in [0.4, 0.5) is 0 Å². The first kappa shape index (κ1) is 16.8. The van der Waals surface area contributed by atoms with Crippen LogP contribution in [0.5, 0.6) is 0 Å². The molecule has 0 radical (unpaired) electrons. The summed E-state index contributed by atoms with van der Waals surface area (Å²) in [6.07, 6.45) is 8.23. The Morgan fingerprint density at radius 1 is 1.27 bits per heavy atom. The lowest BCUT2D eigenvalue weighted by Gasteiger charge is -2.45. The highest BCUT2D eigenvalue weighted by atomic mass is 16.3. The van der Waals surface area contributed by atoms with Crippen LogP contribution in [-0.4, -0.2) is 45.2 Å². The number of hydrogen-bond acceptors (Lipinski definition) is 4. The molecule has 0 aliphatic carbocycles. The lowest BCUT2D eigenvalue weighted by molar-refractivity contribution is -0.133. The van der Waals surface area contributed by atoms with Gasteiger partial charge < -0.3 is 14.2 Å². The summed E-state index contributed by atoms with van der Waals surface area (Å²) in [7, 11) is 0. The molecule has 26 heavy (non-hydrogen) atoms. The van der Waals surface area contributed by atoms with Gasteiger partial charge in [-0.3, -0.25) is 14.6 Å². The molecule has 2 fully saturated rings. The smallest absolute Gasteiger partial charge is 0.257 e. The molecule has 0 bridgehead atoms. The molecule has 2 amide bonds. The number of piperidine rings is 1. The molecular weight excluding hydrogens is 330 g/mol. The number of amides is 2. The van der Waals surface area contributed by atoms with Gasteiger partial charge in [0.2, 0.25) is 5.91 Å². The largest absolute Gasteiger partial charge is 0.469 e. The Hall–Kier alpha value is -2.63. The van der Waals surface area contributed by atoms with Gasteiger partial charge in [-0.15, -0.1) is 0 Å². The van der Waals surface area contributed by atoms with Crippen LogP contribution in [0.3, 0.4) is 0 Å². The average Bonchev–Trinajstić information content (AvgIpc) is 3.22. The van der Waals surface area contributed by atoms with Gasteiger partial charge in [-0.05, 0) is 43.9 Å². The Kier molecular flexibility index (Phi) is 4.26. The Bertz CT molecular complexity index is 807. The number of aryl methyl sites for hydroxylation is 1. The van der Waals surface area contributed by atoms with E-state index in [4.69, 9.17) is 4.42 Å². The first-order chi connectivity index (χ1) is 12.6. The minimum Gasteiger partial charge on any atom is -0.469 e. The number of likely N-dealkylation sites (tertiary alicyclic amines) is 2. The quantitative estimate of drug-likeness (QED) is 0.851. The van der Waals surface area contributed by atoms with Gasteiger partial charge >= 0.3 is 0 Å². The normalized spacial score (nSPS) is 19.3. The van der Waals surface area contributed by atoms with E-state index in [0.717, 1.165) is 24.8 Å². The third-order valence-electron chi connectivity index (χ3n) is 5.81. The van der Waals surface area contributed by atoms with E-state index in [0.29, 0.717) is 37.4 Å². The van der Waals surface area contributed by atoms with Crippen molar-refractivity contribution < 1.29 is 14.0 Å². The van der Waals surface area contributed by atoms with Crippen LogP contribution < -0.4 is 0 Å². The lowest BCUT2D eigenvalue weighted by atomic mass is 9.84. The predicted molar refractivity (Wildman–Crippen MR) is 95.3 cm³/mol. The van der Waals surface area contributed by atoms with E-state index in [2.05, 4.69) is 4.98 Å². The van der Waals surface area contributed by atoms with Gasteiger partial charge in [0.15, 0.2) is 0 Å². The molecule has 0 aromatic carbocycles. The van der Waals surface area contributed by atoms with Crippen molar-refractivity contribution in [3.63, 3.8) is 0 Å². The molecule has 2 saturated heterocycles. The zero-order valence-corrected chi connectivity index (χ0v) is 15.0. The van der Waals surface area contributed by atoms with E-state index in [1.54, 1.807) is 18.5 Å². The van der Waals surface area contributed by atoms with Crippen molar-refractivity contribution in [3.05, 3.63) is 53.7 Å². The van der Waals surface area contributed by atoms with Crippen molar-refractivity contribution in [2.75, 3.05) is 13.1 Å². The molecule has 1 spiro atoms. The number of pyridine rings is 1. The van der Waals surface area contributed by atoms with E-state index in [-0.39, 0.29) is 17.4 Å². The van der Waals surface area contributed by atoms with Gasteiger partial charge in [0, 0.05) is 44.0 Å². The molecule has 2 aromatic rings. The highest BCUT2D eigenvalue weighted by Crippen LogP contribution is 2.40. The van der Waals surface area contributed by atoms with Crippen LogP contribution in [0, 0.1) is 6.92 Å². The van der Waals surface area contributed by atoms with Gasteiger partial charge in [0.05, 0.1) is 11.8 Å². The summed E-state index contributed by atoms with van der Waals surface area (Å²) >= 11 is 0. The summed E-state index contributed by atoms with van der Waals surface area (Å²) in [6, 6.07) is 5.64. The summed E-state index contributed by atoms with van der Waals surface area (Å²) in [6.45, 7) is 3.74. The van der Waals surface area contributed by atoms with Crippen LogP contribution in [0.15, 0.2) is 41.3 Å². The second kappa shape index (κ2) is 6.59. The van der Waals surface area contributed by atoms with Gasteiger partial charge in [0.1, 0.15) is 5.76 Å². The molecule has 2 aromatic heterocycles. The lowest BCUT2D eigenvalue weighted by Crippen LogP contribution is -2.53. The summed E-state index contributed by atoms with van der Waals surface area (Å²) < 4.78 is 5.26. The van der Waals surface area contributed by atoms with E-state index >= 15 is 0 Å². The van der Waals surface area contributed by atoms with Crippen molar-refractivity contribution in [2.24, 2.45) is 0 Å². The van der Waals surface area contributed by atoms with Gasteiger partial charge in [-0.2, -0.15) is 0 Å². The number of carbonyl (C=O) groups excluding carboxylic acids is 2. The van der Waals surface area contributed by atoms with Crippen LogP contribution in [0.2, 0.25) is 0 Å². The van der Waals surface area contributed by atoms with Crippen molar-refractivity contribution in [2.45, 2.75) is 44.7 Å². The SMILES string of the molecule is Cc1occc1C(=O)N1CCC2(CCC(=O)N2Cc2cccnc2)CC1. The molecule has 6 nitrogen and oxygen atoms in total. The number of nitrogens with zero attached hydrogens (tertiary/aromatic N) is 3. The highest BCUT2D eigenvalue weighted by molar-refractivity contribution is 5.95. The fraction of sp³-hybridized carbons (Fsp3) is 0.450. The third kappa shape index (κ3) is 2.89. The van der Waals surface area contributed by atoms with Crippen LogP contribution in [-0.2, 0) is 11.3 Å². The maximum absolute atomic E-state index is 12.7. The molecule has 0 N–H and O–H groups in total. The van der Waals surface area contributed by atoms with E-state index in [1.165, 1.54) is 0 Å². The average molecular weight is 353 g/mol. The van der Waals surface area contributed by atoms with Crippen LogP contribution in [0.25, 0.3) is 0 Å². The molecule has 2 aliphatic rings. The minimum absolute atomic E-state index is 0.0224. The van der Waals surface area contributed by atoms with E-state index < -0.39 is 0 Å². The second-order valence-corrected chi connectivity index (χ2v) is 7.25. The molecule has 4 heterocycles. The summed E-state index contributed by atoms with van der Waals surface area (Å²) in [5.74, 6) is 0.887. The third-order valence-corrected chi connectivity index (χ3v) is 5.81. The summed E-state index contributed by atoms with van der Waals surface area (Å²) in [5, 5.41) is 0. The van der Waals surface area contributed by atoms with Crippen molar-refractivity contribution >= 4 is 11.8 Å². The zero-order chi connectivity index (χ0) is 18.1. The van der Waals surface area contributed by atoms with E-state index in [1.807, 2.05) is 35.1 Å². The Morgan fingerprint density at radius 3 is 2.73 bits per heavy atom. The second-order valence-electron chi connectivity index (χ2n) is 7.25. The summed E-state index contributed by atoms with van der Waals surface area (Å²) in [4.78, 5) is 33.3. The number of furan rings is 1. The molecule has 0 atom stereocenters. The highest BCUT2D eigenvalue weighted by Gasteiger charge is 2.47. The molecule has 2 aliphatic heterocycles. The molecule has 0 saturated carbocycles. The van der Waals surface area contributed by atoms with Gasteiger partial charge in [-0.25, -0.2) is 0 Å². The fourth-order valence-electron chi connectivity index (χ4n) is 4.23. The summed E-state index contributed by atoms with van der Waals surface area (Å²) in [5.41, 5.74) is 1.56. The predicted octanol–water partition coefficient (Wildman–Crippen LogP) is 2.78. The van der Waals surface area contributed by atoms with Gasteiger partial charge in [0.25, 0.3) is 5.91 Å². The minimum atomic E-state index is -0.130. The number of carbonyl (C=O) groups is 2. The van der Waals surface area contributed by atoms with Crippen molar-refractivity contribution in [1.29, 1.82) is 0 Å². The molecule has 4 rings (SSSR count). The standard InChI is InChI=1S/C20H23N3O3/c1-15-17(5-12-26-15)19(25)22-10-7-20(8-11-22)6-4-18(24)23(20)14-16-3-2-9-21-13-16/h2-3,5,9,12-13H,4,6-8,10-11,14H2,1H3. The number of hydrogen-bond donors (Lipinski definition) is 0. The molecule has 0 unspecified atom stereocenters. The van der Waals surface area contributed by atoms with Gasteiger partial charge in [-0.1, -0.05) is 6.07 Å². The Morgan fingerprint density at radius 2 is 2.08 bits per heavy atom. The Labute approximate surface area is 152 Å². The topological polar surface area (TPSA) is 66.7 Å². The van der Waals surface area contributed by atoms with Crippen LogP contribution in [0.1, 0.15) is 47.4 Å². The maximum atomic E-state index is 12.7. The first-order valence-corrected chi connectivity index (χ1v) is 9.12. The fourth-order valence-corrected chi connectivity index (χ4v) is 4.23. The first-order valence-electron chi connectivity index (χ1n) is 9.12. The number of aromatic nitrogens is 1. The molecule has 6 heteroatoms. The Balaban J connectivity index is 1.47.